The van der Waals surface area contributed by atoms with E-state index in [0.717, 1.165) is 18.2 Å². The third-order valence-corrected chi connectivity index (χ3v) is 2.31. The lowest BCUT2D eigenvalue weighted by molar-refractivity contribution is 0.101. The molecule has 0 saturated carbocycles. The van der Waals surface area contributed by atoms with Crippen molar-refractivity contribution in [3.63, 3.8) is 0 Å². The molecule has 1 aliphatic heterocycles. The standard InChI is InChI=1S/C9H10ClNO/c10-9-3-1-7(2-4-9)8-5-11-12-6-8/h1-4,8,11H,5-6H2. The van der Waals surface area contributed by atoms with Crippen LogP contribution in [0.15, 0.2) is 24.3 Å². The Kier molecular flexibility index (Phi) is 2.30. The zero-order valence-electron chi connectivity index (χ0n) is 6.59. The van der Waals surface area contributed by atoms with E-state index in [1.165, 1.54) is 5.56 Å². The van der Waals surface area contributed by atoms with Crippen LogP contribution in [0.25, 0.3) is 0 Å². The van der Waals surface area contributed by atoms with Crippen molar-refractivity contribution in [2.45, 2.75) is 5.92 Å². The van der Waals surface area contributed by atoms with Crippen LogP contribution in [-0.4, -0.2) is 13.2 Å². The second-order valence-electron chi connectivity index (χ2n) is 2.91. The summed E-state index contributed by atoms with van der Waals surface area (Å²) < 4.78 is 0. The molecule has 1 fully saturated rings. The summed E-state index contributed by atoms with van der Waals surface area (Å²) in [5.74, 6) is 0.474. The number of hydroxylamine groups is 1. The molecule has 1 aliphatic rings. The van der Waals surface area contributed by atoms with Gasteiger partial charge < -0.3 is 4.84 Å². The van der Waals surface area contributed by atoms with E-state index in [2.05, 4.69) is 5.48 Å². The normalized spacial score (nSPS) is 22.9. The van der Waals surface area contributed by atoms with Crippen LogP contribution < -0.4 is 5.48 Å². The Balaban J connectivity index is 2.17. The average Bonchev–Trinajstić information content (AvgIpc) is 2.58. The first kappa shape index (κ1) is 8.05. The van der Waals surface area contributed by atoms with Crippen LogP contribution in [0.3, 0.4) is 0 Å². The Hall–Kier alpha value is -0.570. The number of hydrogen-bond acceptors (Lipinski definition) is 2. The van der Waals surface area contributed by atoms with Gasteiger partial charge in [0, 0.05) is 17.5 Å². The summed E-state index contributed by atoms with van der Waals surface area (Å²) in [6.45, 7) is 1.64. The zero-order chi connectivity index (χ0) is 8.39. The van der Waals surface area contributed by atoms with Gasteiger partial charge in [-0.15, -0.1) is 0 Å². The molecule has 0 radical (unpaired) electrons. The summed E-state index contributed by atoms with van der Waals surface area (Å²) in [6.07, 6.45) is 0. The fourth-order valence-corrected chi connectivity index (χ4v) is 1.45. The van der Waals surface area contributed by atoms with E-state index < -0.39 is 0 Å². The van der Waals surface area contributed by atoms with Crippen molar-refractivity contribution < 1.29 is 4.84 Å². The van der Waals surface area contributed by atoms with Gasteiger partial charge >= 0.3 is 0 Å². The van der Waals surface area contributed by atoms with Crippen molar-refractivity contribution in [3.05, 3.63) is 34.9 Å². The number of hydrogen-bond donors (Lipinski definition) is 1. The Morgan fingerprint density at radius 2 is 2.08 bits per heavy atom. The molecule has 0 amide bonds. The molecule has 1 saturated heterocycles. The number of halogens is 1. The lowest BCUT2D eigenvalue weighted by Crippen LogP contribution is -2.06. The van der Waals surface area contributed by atoms with Gasteiger partial charge in [-0.1, -0.05) is 23.7 Å². The van der Waals surface area contributed by atoms with E-state index in [-0.39, 0.29) is 0 Å². The molecule has 1 heterocycles. The second kappa shape index (κ2) is 3.44. The third-order valence-electron chi connectivity index (χ3n) is 2.06. The van der Waals surface area contributed by atoms with Gasteiger partial charge in [-0.2, -0.15) is 0 Å². The molecule has 3 heteroatoms. The van der Waals surface area contributed by atoms with Crippen molar-refractivity contribution in [1.29, 1.82) is 0 Å². The molecule has 12 heavy (non-hydrogen) atoms. The molecule has 1 aromatic rings. The minimum Gasteiger partial charge on any atom is -0.301 e. The molecule has 1 N–H and O–H groups in total. The van der Waals surface area contributed by atoms with Crippen LogP contribution in [0.5, 0.6) is 0 Å². The Morgan fingerprint density at radius 3 is 2.67 bits per heavy atom. The third kappa shape index (κ3) is 1.61. The van der Waals surface area contributed by atoms with Gasteiger partial charge in [0.2, 0.25) is 0 Å². The van der Waals surface area contributed by atoms with Crippen LogP contribution in [0, 0.1) is 0 Å². The average molecular weight is 184 g/mol. The fraction of sp³-hybridized carbons (Fsp3) is 0.333. The lowest BCUT2D eigenvalue weighted by atomic mass is 10.0. The highest BCUT2D eigenvalue weighted by Gasteiger charge is 2.16. The molecule has 1 atom stereocenters. The van der Waals surface area contributed by atoms with Crippen molar-refractivity contribution >= 4 is 11.6 Å². The fourth-order valence-electron chi connectivity index (χ4n) is 1.33. The molecule has 64 valence electrons. The van der Waals surface area contributed by atoms with Gasteiger partial charge in [0.15, 0.2) is 0 Å². The lowest BCUT2D eigenvalue weighted by Gasteiger charge is -2.05. The molecule has 2 rings (SSSR count). The Morgan fingerprint density at radius 1 is 1.33 bits per heavy atom. The number of benzene rings is 1. The van der Waals surface area contributed by atoms with Crippen molar-refractivity contribution in [2.75, 3.05) is 13.2 Å². The molecular weight excluding hydrogens is 174 g/mol. The predicted molar refractivity (Wildman–Crippen MR) is 48.1 cm³/mol. The molecule has 2 nitrogen and oxygen atoms in total. The first-order valence-corrected chi connectivity index (χ1v) is 4.34. The maximum Gasteiger partial charge on any atom is 0.0763 e. The molecule has 0 aromatic heterocycles. The van der Waals surface area contributed by atoms with Crippen molar-refractivity contribution in [3.8, 4) is 0 Å². The maximum atomic E-state index is 5.77. The van der Waals surface area contributed by atoms with Gasteiger partial charge in [0.25, 0.3) is 0 Å². The molecule has 1 unspecified atom stereocenters. The van der Waals surface area contributed by atoms with Gasteiger partial charge in [-0.3, -0.25) is 0 Å². The van der Waals surface area contributed by atoms with Crippen LogP contribution in [0.2, 0.25) is 5.02 Å². The Bertz CT molecular complexity index is 254. The molecule has 0 aliphatic carbocycles. The van der Waals surface area contributed by atoms with E-state index in [1.54, 1.807) is 0 Å². The summed E-state index contributed by atoms with van der Waals surface area (Å²) in [7, 11) is 0. The zero-order valence-corrected chi connectivity index (χ0v) is 7.34. The summed E-state index contributed by atoms with van der Waals surface area (Å²) in [5, 5.41) is 0.783. The first-order valence-electron chi connectivity index (χ1n) is 3.96. The van der Waals surface area contributed by atoms with E-state index in [9.17, 15) is 0 Å². The van der Waals surface area contributed by atoms with Gasteiger partial charge in [-0.25, -0.2) is 5.48 Å². The van der Waals surface area contributed by atoms with Crippen LogP contribution in [0.4, 0.5) is 0 Å². The molecule has 0 spiro atoms. The smallest absolute Gasteiger partial charge is 0.0763 e. The first-order chi connectivity index (χ1) is 5.86. The predicted octanol–water partition coefficient (Wildman–Crippen LogP) is 1.96. The topological polar surface area (TPSA) is 21.3 Å². The summed E-state index contributed by atoms with van der Waals surface area (Å²) in [5.41, 5.74) is 4.13. The van der Waals surface area contributed by atoms with Crippen LogP contribution >= 0.6 is 11.6 Å². The number of rotatable bonds is 1. The highest BCUT2D eigenvalue weighted by molar-refractivity contribution is 6.30. The molecule has 0 bridgehead atoms. The summed E-state index contributed by atoms with van der Waals surface area (Å²) in [6, 6.07) is 7.91. The van der Waals surface area contributed by atoms with Gasteiger partial charge in [0.1, 0.15) is 0 Å². The minimum absolute atomic E-state index is 0.474. The maximum absolute atomic E-state index is 5.77. The highest BCUT2D eigenvalue weighted by atomic mass is 35.5. The van der Waals surface area contributed by atoms with Gasteiger partial charge in [-0.05, 0) is 17.7 Å². The van der Waals surface area contributed by atoms with E-state index in [0.29, 0.717) is 5.92 Å². The monoisotopic (exact) mass is 183 g/mol. The van der Waals surface area contributed by atoms with Crippen LogP contribution in [-0.2, 0) is 4.84 Å². The highest BCUT2D eigenvalue weighted by Crippen LogP contribution is 2.20. The molecular formula is C9H10ClNO. The Labute approximate surface area is 76.4 Å². The SMILES string of the molecule is Clc1ccc(C2CNOC2)cc1. The van der Waals surface area contributed by atoms with E-state index in [4.69, 9.17) is 16.4 Å². The van der Waals surface area contributed by atoms with E-state index >= 15 is 0 Å². The number of nitrogens with one attached hydrogen (secondary N) is 1. The second-order valence-corrected chi connectivity index (χ2v) is 3.34. The summed E-state index contributed by atoms with van der Waals surface area (Å²) >= 11 is 5.77. The van der Waals surface area contributed by atoms with Gasteiger partial charge in [0.05, 0.1) is 6.61 Å². The van der Waals surface area contributed by atoms with Crippen LogP contribution in [0.1, 0.15) is 11.5 Å². The van der Waals surface area contributed by atoms with E-state index in [1.807, 2.05) is 24.3 Å². The van der Waals surface area contributed by atoms with Crippen molar-refractivity contribution in [2.24, 2.45) is 0 Å². The molecule has 1 aromatic carbocycles. The van der Waals surface area contributed by atoms with Crippen molar-refractivity contribution in [1.82, 2.24) is 5.48 Å². The minimum atomic E-state index is 0.474. The summed E-state index contributed by atoms with van der Waals surface area (Å²) in [4.78, 5) is 5.06. The largest absolute Gasteiger partial charge is 0.301 e. The quantitative estimate of drug-likeness (QED) is 0.719.